The minimum Gasteiger partial charge on any atom is -0.396 e. The SMILES string of the molecule is C[C@]12CCCCN1CCC[C@H]2CO. The van der Waals surface area contributed by atoms with E-state index in [4.69, 9.17) is 0 Å². The molecule has 0 unspecified atom stereocenters. The highest BCUT2D eigenvalue weighted by molar-refractivity contribution is 4.97. The molecular weight excluding hydrogens is 162 g/mol. The van der Waals surface area contributed by atoms with Gasteiger partial charge in [-0.15, -0.1) is 0 Å². The molecule has 2 heteroatoms. The van der Waals surface area contributed by atoms with Crippen molar-refractivity contribution in [3.63, 3.8) is 0 Å². The van der Waals surface area contributed by atoms with E-state index in [-0.39, 0.29) is 0 Å². The van der Waals surface area contributed by atoms with Gasteiger partial charge in [0.1, 0.15) is 0 Å². The topological polar surface area (TPSA) is 23.5 Å². The van der Waals surface area contributed by atoms with Crippen LogP contribution in [0.4, 0.5) is 0 Å². The predicted molar refractivity (Wildman–Crippen MR) is 53.6 cm³/mol. The van der Waals surface area contributed by atoms with Crippen molar-refractivity contribution >= 4 is 0 Å². The molecule has 1 N–H and O–H groups in total. The van der Waals surface area contributed by atoms with Gasteiger partial charge in [-0.05, 0) is 45.7 Å². The summed E-state index contributed by atoms with van der Waals surface area (Å²) >= 11 is 0. The van der Waals surface area contributed by atoms with Gasteiger partial charge in [0.2, 0.25) is 0 Å². The lowest BCUT2D eigenvalue weighted by atomic mass is 9.73. The molecule has 2 heterocycles. The van der Waals surface area contributed by atoms with Crippen molar-refractivity contribution in [2.45, 2.75) is 44.6 Å². The molecular formula is C11H21NO. The molecule has 76 valence electrons. The zero-order chi connectivity index (χ0) is 9.31. The fraction of sp³-hybridized carbons (Fsp3) is 1.00. The lowest BCUT2D eigenvalue weighted by molar-refractivity contribution is -0.0416. The lowest BCUT2D eigenvalue weighted by Crippen LogP contribution is -2.58. The molecule has 0 spiro atoms. The molecule has 0 aliphatic carbocycles. The van der Waals surface area contributed by atoms with Crippen molar-refractivity contribution in [2.75, 3.05) is 19.7 Å². The third-order valence-electron chi connectivity index (χ3n) is 4.16. The van der Waals surface area contributed by atoms with E-state index in [9.17, 15) is 5.11 Å². The summed E-state index contributed by atoms with van der Waals surface area (Å²) in [6, 6.07) is 0. The first-order chi connectivity index (χ1) is 6.27. The van der Waals surface area contributed by atoms with Crippen molar-refractivity contribution in [2.24, 2.45) is 5.92 Å². The largest absolute Gasteiger partial charge is 0.396 e. The van der Waals surface area contributed by atoms with Gasteiger partial charge in [0, 0.05) is 18.1 Å². The van der Waals surface area contributed by atoms with Crippen LogP contribution < -0.4 is 0 Å². The van der Waals surface area contributed by atoms with Gasteiger partial charge >= 0.3 is 0 Å². The number of hydrogen-bond acceptors (Lipinski definition) is 2. The molecule has 2 rings (SSSR count). The molecule has 0 bridgehead atoms. The van der Waals surface area contributed by atoms with Crippen molar-refractivity contribution in [3.8, 4) is 0 Å². The molecule has 2 atom stereocenters. The summed E-state index contributed by atoms with van der Waals surface area (Å²) in [7, 11) is 0. The fourth-order valence-corrected chi connectivity index (χ4v) is 3.16. The summed E-state index contributed by atoms with van der Waals surface area (Å²) in [5.41, 5.74) is 0.325. The van der Waals surface area contributed by atoms with Crippen LogP contribution in [0.5, 0.6) is 0 Å². The molecule has 0 aromatic rings. The van der Waals surface area contributed by atoms with E-state index >= 15 is 0 Å². The molecule has 2 aliphatic heterocycles. The zero-order valence-corrected chi connectivity index (χ0v) is 8.63. The normalized spacial score (nSPS) is 41.5. The Morgan fingerprint density at radius 2 is 2.08 bits per heavy atom. The molecule has 0 saturated carbocycles. The Morgan fingerprint density at radius 1 is 1.31 bits per heavy atom. The molecule has 0 aromatic heterocycles. The zero-order valence-electron chi connectivity index (χ0n) is 8.63. The van der Waals surface area contributed by atoms with Crippen LogP contribution in [-0.2, 0) is 0 Å². The van der Waals surface area contributed by atoms with Crippen LogP contribution in [0.15, 0.2) is 0 Å². The highest BCUT2D eigenvalue weighted by Crippen LogP contribution is 2.39. The maximum Gasteiger partial charge on any atom is 0.0476 e. The summed E-state index contributed by atoms with van der Waals surface area (Å²) in [5.74, 6) is 0.529. The van der Waals surface area contributed by atoms with Gasteiger partial charge in [-0.2, -0.15) is 0 Å². The van der Waals surface area contributed by atoms with Gasteiger partial charge in [-0.25, -0.2) is 0 Å². The number of aliphatic hydroxyl groups excluding tert-OH is 1. The Hall–Kier alpha value is -0.0800. The quantitative estimate of drug-likeness (QED) is 0.668. The van der Waals surface area contributed by atoms with Gasteiger partial charge in [0.25, 0.3) is 0 Å². The molecule has 13 heavy (non-hydrogen) atoms. The van der Waals surface area contributed by atoms with Crippen LogP contribution in [0.25, 0.3) is 0 Å². The van der Waals surface area contributed by atoms with E-state index in [0.29, 0.717) is 18.1 Å². The third kappa shape index (κ3) is 1.50. The van der Waals surface area contributed by atoms with Crippen LogP contribution >= 0.6 is 0 Å². The highest BCUT2D eigenvalue weighted by atomic mass is 16.3. The van der Waals surface area contributed by atoms with Crippen molar-refractivity contribution < 1.29 is 5.11 Å². The molecule has 2 saturated heterocycles. The predicted octanol–water partition coefficient (Wildman–Crippen LogP) is 1.63. The second-order valence-electron chi connectivity index (χ2n) is 4.82. The Kier molecular flexibility index (Phi) is 2.61. The van der Waals surface area contributed by atoms with Crippen molar-refractivity contribution in [1.29, 1.82) is 0 Å². The smallest absolute Gasteiger partial charge is 0.0476 e. The summed E-state index contributed by atoms with van der Waals surface area (Å²) in [5, 5.41) is 9.37. The number of hydrogen-bond donors (Lipinski definition) is 1. The van der Waals surface area contributed by atoms with Gasteiger partial charge in [-0.3, -0.25) is 4.90 Å². The molecule has 0 amide bonds. The average molecular weight is 183 g/mol. The Labute approximate surface area is 80.9 Å². The maximum absolute atomic E-state index is 9.37. The Bertz CT molecular complexity index is 172. The van der Waals surface area contributed by atoms with Crippen LogP contribution in [0.2, 0.25) is 0 Å². The van der Waals surface area contributed by atoms with Crippen LogP contribution in [-0.4, -0.2) is 35.2 Å². The number of nitrogens with zero attached hydrogens (tertiary/aromatic N) is 1. The van der Waals surface area contributed by atoms with Gasteiger partial charge in [0.15, 0.2) is 0 Å². The first-order valence-corrected chi connectivity index (χ1v) is 5.63. The lowest BCUT2D eigenvalue weighted by Gasteiger charge is -2.52. The fourth-order valence-electron chi connectivity index (χ4n) is 3.16. The molecule has 0 radical (unpaired) electrons. The summed E-state index contributed by atoms with van der Waals surface area (Å²) < 4.78 is 0. The van der Waals surface area contributed by atoms with Crippen molar-refractivity contribution in [3.05, 3.63) is 0 Å². The average Bonchev–Trinajstić information content (AvgIpc) is 2.16. The molecule has 0 aromatic carbocycles. The van der Waals surface area contributed by atoms with Gasteiger partial charge in [-0.1, -0.05) is 6.42 Å². The minimum absolute atomic E-state index is 0.325. The van der Waals surface area contributed by atoms with Crippen LogP contribution in [0.3, 0.4) is 0 Å². The summed E-state index contributed by atoms with van der Waals surface area (Å²) in [6.07, 6.45) is 6.50. The van der Waals surface area contributed by atoms with E-state index in [0.717, 1.165) is 0 Å². The first-order valence-electron chi connectivity index (χ1n) is 5.63. The van der Waals surface area contributed by atoms with E-state index < -0.39 is 0 Å². The molecule has 2 fully saturated rings. The van der Waals surface area contributed by atoms with E-state index in [2.05, 4.69) is 11.8 Å². The number of aliphatic hydroxyl groups is 1. The third-order valence-corrected chi connectivity index (χ3v) is 4.16. The highest BCUT2D eigenvalue weighted by Gasteiger charge is 2.42. The summed E-state index contributed by atoms with van der Waals surface area (Å²) in [6.45, 7) is 5.25. The monoisotopic (exact) mass is 183 g/mol. The minimum atomic E-state index is 0.325. The Morgan fingerprint density at radius 3 is 2.85 bits per heavy atom. The number of fused-ring (bicyclic) bond motifs is 1. The van der Waals surface area contributed by atoms with Crippen LogP contribution in [0, 0.1) is 5.92 Å². The second-order valence-corrected chi connectivity index (χ2v) is 4.82. The molecule has 2 aliphatic rings. The number of piperidine rings is 2. The summed E-state index contributed by atoms with van der Waals surface area (Å²) in [4.78, 5) is 2.61. The van der Waals surface area contributed by atoms with E-state index in [1.54, 1.807) is 0 Å². The first kappa shape index (κ1) is 9.47. The Balaban J connectivity index is 2.14. The van der Waals surface area contributed by atoms with Crippen LogP contribution in [0.1, 0.15) is 39.0 Å². The molecule has 2 nitrogen and oxygen atoms in total. The standard InChI is InChI=1S/C11H21NO/c1-11-6-2-3-7-12(11)8-4-5-10(11)9-13/h10,13H,2-9H2,1H3/t10-,11+/m0/s1. The van der Waals surface area contributed by atoms with E-state index in [1.165, 1.54) is 45.2 Å². The van der Waals surface area contributed by atoms with Gasteiger partial charge in [0.05, 0.1) is 0 Å². The second kappa shape index (κ2) is 3.58. The number of rotatable bonds is 1. The van der Waals surface area contributed by atoms with Crippen molar-refractivity contribution in [1.82, 2.24) is 4.90 Å². The van der Waals surface area contributed by atoms with Gasteiger partial charge < -0.3 is 5.11 Å². The van der Waals surface area contributed by atoms with E-state index in [1.807, 2.05) is 0 Å². The maximum atomic E-state index is 9.37.